The van der Waals surface area contributed by atoms with Crippen molar-refractivity contribution in [3.05, 3.63) is 46.0 Å². The lowest BCUT2D eigenvalue weighted by molar-refractivity contribution is -0.384. The smallest absolute Gasteiger partial charge is 0.270 e. The largest absolute Gasteiger partial charge is 0.350 e. The normalized spacial score (nSPS) is 22.2. The van der Waals surface area contributed by atoms with E-state index in [0.717, 1.165) is 12.8 Å². The van der Waals surface area contributed by atoms with Crippen LogP contribution in [0.2, 0.25) is 0 Å². The number of likely N-dealkylation sites (tertiary alicyclic amines) is 1. The first-order valence-electron chi connectivity index (χ1n) is 8.08. The van der Waals surface area contributed by atoms with Crippen LogP contribution >= 0.6 is 0 Å². The van der Waals surface area contributed by atoms with Crippen LogP contribution in [0, 0.1) is 16.0 Å². The monoisotopic (exact) mass is 332 g/mol. The maximum absolute atomic E-state index is 12.4. The van der Waals surface area contributed by atoms with Crippen molar-refractivity contribution in [3.63, 3.8) is 0 Å². The molecule has 0 unspecified atom stereocenters. The first-order valence-corrected chi connectivity index (χ1v) is 8.08. The molecule has 0 spiro atoms. The van der Waals surface area contributed by atoms with E-state index in [1.165, 1.54) is 18.2 Å². The quantitative estimate of drug-likeness (QED) is 0.480. The van der Waals surface area contributed by atoms with E-state index in [1.54, 1.807) is 23.1 Å². The molecule has 1 atom stereocenters. The van der Waals surface area contributed by atoms with Gasteiger partial charge in [-0.15, -0.1) is 0 Å². The molecule has 0 radical (unpaired) electrons. The van der Waals surface area contributed by atoms with Crippen LogP contribution in [0.1, 0.15) is 18.4 Å². The topological polar surface area (TPSA) is 81.9 Å². The van der Waals surface area contributed by atoms with Crippen molar-refractivity contribution in [3.8, 4) is 0 Å². The molecule has 7 heteroatoms. The molecule has 128 valence electrons. The van der Waals surface area contributed by atoms with Crippen LogP contribution in [0.15, 0.2) is 30.3 Å². The summed E-state index contributed by atoms with van der Waals surface area (Å²) in [5, 5.41) is 10.8. The minimum Gasteiger partial charge on any atom is -0.350 e. The Bertz CT molecular complexity index is 640. The van der Waals surface area contributed by atoms with Crippen LogP contribution in [-0.2, 0) is 14.3 Å². The van der Waals surface area contributed by atoms with Crippen molar-refractivity contribution in [2.75, 3.05) is 26.3 Å². The Hall–Kier alpha value is -2.25. The average Bonchev–Trinajstić information content (AvgIpc) is 3.15. The Kier molecular flexibility index (Phi) is 5.22. The maximum Gasteiger partial charge on any atom is 0.270 e. The van der Waals surface area contributed by atoms with Crippen LogP contribution in [-0.4, -0.2) is 48.3 Å². The zero-order valence-electron chi connectivity index (χ0n) is 13.3. The first kappa shape index (κ1) is 16.6. The van der Waals surface area contributed by atoms with Gasteiger partial charge in [0.2, 0.25) is 5.91 Å². The van der Waals surface area contributed by atoms with Crippen molar-refractivity contribution in [1.82, 2.24) is 4.90 Å². The fourth-order valence-corrected chi connectivity index (χ4v) is 3.10. The molecule has 24 heavy (non-hydrogen) atoms. The Morgan fingerprint density at radius 2 is 2.12 bits per heavy atom. The van der Waals surface area contributed by atoms with E-state index in [2.05, 4.69) is 0 Å². The number of nitro benzene ring substituents is 1. The number of hydrogen-bond acceptors (Lipinski definition) is 5. The van der Waals surface area contributed by atoms with Crippen molar-refractivity contribution < 1.29 is 19.2 Å². The molecule has 1 aromatic rings. The van der Waals surface area contributed by atoms with Crippen molar-refractivity contribution in [1.29, 1.82) is 0 Å². The number of rotatable bonds is 4. The molecule has 3 rings (SSSR count). The van der Waals surface area contributed by atoms with Crippen LogP contribution in [0.3, 0.4) is 0 Å². The van der Waals surface area contributed by atoms with Crippen LogP contribution in [0.5, 0.6) is 0 Å². The van der Waals surface area contributed by atoms with Gasteiger partial charge >= 0.3 is 0 Å². The van der Waals surface area contributed by atoms with Gasteiger partial charge in [0, 0.05) is 37.2 Å². The highest BCUT2D eigenvalue weighted by Crippen LogP contribution is 2.25. The molecule has 1 aromatic carbocycles. The summed E-state index contributed by atoms with van der Waals surface area (Å²) in [6.45, 7) is 2.55. The van der Waals surface area contributed by atoms with Gasteiger partial charge in [-0.1, -0.05) is 12.1 Å². The van der Waals surface area contributed by atoms with E-state index in [0.29, 0.717) is 31.9 Å². The number of carbonyl (C=O) groups excluding carboxylic acids is 1. The summed E-state index contributed by atoms with van der Waals surface area (Å²) in [6.07, 6.45) is 4.79. The Balaban J connectivity index is 1.61. The third kappa shape index (κ3) is 3.98. The van der Waals surface area contributed by atoms with Crippen molar-refractivity contribution in [2.45, 2.75) is 19.1 Å². The van der Waals surface area contributed by atoms with E-state index < -0.39 is 4.92 Å². The van der Waals surface area contributed by atoms with Crippen LogP contribution in [0.4, 0.5) is 5.69 Å². The molecular formula is C17H20N2O5. The fourth-order valence-electron chi connectivity index (χ4n) is 3.10. The number of benzene rings is 1. The van der Waals surface area contributed by atoms with E-state index in [1.807, 2.05) is 0 Å². The van der Waals surface area contributed by atoms with Crippen LogP contribution < -0.4 is 0 Å². The molecule has 2 heterocycles. The Morgan fingerprint density at radius 1 is 1.33 bits per heavy atom. The number of hydrogen-bond donors (Lipinski definition) is 0. The zero-order chi connectivity index (χ0) is 16.9. The van der Waals surface area contributed by atoms with E-state index >= 15 is 0 Å². The Labute approximate surface area is 140 Å². The lowest BCUT2D eigenvalue weighted by atomic mass is 9.97. The SMILES string of the molecule is O=C(/C=C\c1cccc([N+](=O)[O-])c1)N1CCC[C@H](C2OCCO2)C1. The summed E-state index contributed by atoms with van der Waals surface area (Å²) < 4.78 is 11.1. The molecule has 7 nitrogen and oxygen atoms in total. The number of carbonyl (C=O) groups is 1. The number of piperidine rings is 1. The third-order valence-electron chi connectivity index (χ3n) is 4.30. The van der Waals surface area contributed by atoms with E-state index in [-0.39, 0.29) is 23.8 Å². The number of ether oxygens (including phenoxy) is 2. The second kappa shape index (κ2) is 7.55. The highest BCUT2D eigenvalue weighted by atomic mass is 16.7. The minimum atomic E-state index is -0.448. The van der Waals surface area contributed by atoms with Crippen LogP contribution in [0.25, 0.3) is 6.08 Å². The van der Waals surface area contributed by atoms with Gasteiger partial charge in [-0.3, -0.25) is 14.9 Å². The molecule has 1 amide bonds. The zero-order valence-corrected chi connectivity index (χ0v) is 13.3. The van der Waals surface area contributed by atoms with Gasteiger partial charge in [0.05, 0.1) is 18.1 Å². The molecule has 0 N–H and O–H groups in total. The second-order valence-corrected chi connectivity index (χ2v) is 5.98. The predicted octanol–water partition coefficient (Wildman–Crippen LogP) is 2.22. The van der Waals surface area contributed by atoms with Gasteiger partial charge < -0.3 is 14.4 Å². The summed E-state index contributed by atoms with van der Waals surface area (Å²) in [6, 6.07) is 6.21. The Morgan fingerprint density at radius 3 is 2.88 bits per heavy atom. The predicted molar refractivity (Wildman–Crippen MR) is 87.1 cm³/mol. The lowest BCUT2D eigenvalue weighted by Gasteiger charge is -2.34. The second-order valence-electron chi connectivity index (χ2n) is 5.98. The molecule has 0 saturated carbocycles. The molecule has 2 fully saturated rings. The van der Waals surface area contributed by atoms with Gasteiger partial charge in [-0.2, -0.15) is 0 Å². The lowest BCUT2D eigenvalue weighted by Crippen LogP contribution is -2.43. The molecule has 2 aliphatic rings. The van der Waals surface area contributed by atoms with Gasteiger partial charge in [0.1, 0.15) is 0 Å². The molecule has 0 bridgehead atoms. The summed E-state index contributed by atoms with van der Waals surface area (Å²) in [4.78, 5) is 24.5. The summed E-state index contributed by atoms with van der Waals surface area (Å²) >= 11 is 0. The fraction of sp³-hybridized carbons (Fsp3) is 0.471. The highest BCUT2D eigenvalue weighted by Gasteiger charge is 2.32. The average molecular weight is 332 g/mol. The van der Waals surface area contributed by atoms with Gasteiger partial charge in [-0.25, -0.2) is 0 Å². The van der Waals surface area contributed by atoms with Gasteiger partial charge in [0.15, 0.2) is 6.29 Å². The molecule has 2 saturated heterocycles. The first-order chi connectivity index (χ1) is 11.6. The number of non-ortho nitro benzene ring substituents is 1. The summed E-state index contributed by atoms with van der Waals surface area (Å²) in [5.74, 6) is 0.112. The summed E-state index contributed by atoms with van der Waals surface area (Å²) in [7, 11) is 0. The molecule has 2 aliphatic heterocycles. The molecular weight excluding hydrogens is 312 g/mol. The van der Waals surface area contributed by atoms with Gasteiger partial charge in [-0.05, 0) is 24.5 Å². The highest BCUT2D eigenvalue weighted by molar-refractivity contribution is 5.91. The van der Waals surface area contributed by atoms with Crippen molar-refractivity contribution in [2.24, 2.45) is 5.92 Å². The van der Waals surface area contributed by atoms with Crippen molar-refractivity contribution >= 4 is 17.7 Å². The van der Waals surface area contributed by atoms with Gasteiger partial charge in [0.25, 0.3) is 5.69 Å². The number of nitrogens with zero attached hydrogens (tertiary/aromatic N) is 2. The van der Waals surface area contributed by atoms with E-state index in [4.69, 9.17) is 9.47 Å². The molecule has 0 aliphatic carbocycles. The van der Waals surface area contributed by atoms with E-state index in [9.17, 15) is 14.9 Å². The number of nitro groups is 1. The standard InChI is InChI=1S/C17H20N2O5/c20-16(7-6-13-3-1-5-15(11-13)19(21)22)18-8-2-4-14(12-18)17-23-9-10-24-17/h1,3,5-7,11,14,17H,2,4,8-10,12H2/b7-6-/t14-/m0/s1. The summed E-state index contributed by atoms with van der Waals surface area (Å²) in [5.41, 5.74) is 0.645. The number of amides is 1. The third-order valence-corrected chi connectivity index (χ3v) is 4.30. The molecule has 0 aromatic heterocycles. The maximum atomic E-state index is 12.4. The minimum absolute atomic E-state index is 0.0122.